The van der Waals surface area contributed by atoms with Crippen molar-refractivity contribution in [2.75, 3.05) is 40.9 Å². The number of quaternary nitrogens is 1. The molecule has 10 heteroatoms. The first-order valence-electron chi connectivity index (χ1n) is 34.6. The molecule has 0 aliphatic rings. The molecule has 0 aromatic rings. The van der Waals surface area contributed by atoms with Crippen LogP contribution in [0.3, 0.4) is 0 Å². The summed E-state index contributed by atoms with van der Waals surface area (Å²) in [6, 6.07) is -0.851. The van der Waals surface area contributed by atoms with E-state index in [4.69, 9.17) is 13.8 Å². The zero-order valence-corrected chi connectivity index (χ0v) is 55.2. The number of phosphoric ester groups is 1. The highest BCUT2D eigenvalue weighted by Crippen LogP contribution is 2.43. The predicted octanol–water partition coefficient (Wildman–Crippen LogP) is 21.8. The number of hydrogen-bond donors (Lipinski definition) is 2. The first-order valence-corrected chi connectivity index (χ1v) is 36.1. The van der Waals surface area contributed by atoms with Crippen molar-refractivity contribution in [1.29, 1.82) is 0 Å². The largest absolute Gasteiger partial charge is 0.472 e. The van der Waals surface area contributed by atoms with Crippen molar-refractivity contribution in [3.63, 3.8) is 0 Å². The van der Waals surface area contributed by atoms with Gasteiger partial charge in [0, 0.05) is 12.8 Å². The molecule has 0 saturated heterocycles. The molecule has 0 heterocycles. The van der Waals surface area contributed by atoms with Crippen molar-refractivity contribution in [2.24, 2.45) is 0 Å². The van der Waals surface area contributed by atoms with Gasteiger partial charge in [0.2, 0.25) is 5.91 Å². The molecule has 0 aliphatic heterocycles. The lowest BCUT2D eigenvalue weighted by atomic mass is 10.0. The molecule has 0 aliphatic carbocycles. The second-order valence-electron chi connectivity index (χ2n) is 24.7. The summed E-state index contributed by atoms with van der Waals surface area (Å²) >= 11 is 0. The van der Waals surface area contributed by atoms with Gasteiger partial charge in [-0.15, -0.1) is 0 Å². The van der Waals surface area contributed by atoms with Crippen LogP contribution in [-0.4, -0.2) is 74.3 Å². The Morgan fingerprint density at radius 1 is 0.432 bits per heavy atom. The fraction of sp³-hybridized carbons (Fsp3) is 0.831. The van der Waals surface area contributed by atoms with E-state index in [0.717, 1.165) is 83.5 Å². The molecule has 0 aromatic heterocycles. The van der Waals surface area contributed by atoms with Gasteiger partial charge in [0.05, 0.1) is 33.8 Å². The molecule has 0 bridgehead atoms. The zero-order chi connectivity index (χ0) is 59.3. The van der Waals surface area contributed by atoms with E-state index in [1.165, 1.54) is 212 Å². The summed E-state index contributed by atoms with van der Waals surface area (Å²) < 4.78 is 30.8. The Balaban J connectivity index is 5.05. The lowest BCUT2D eigenvalue weighted by molar-refractivity contribution is -0.870. The molecule has 474 valence electrons. The summed E-state index contributed by atoms with van der Waals surface area (Å²) in [7, 11) is 1.50. The number of carbonyl (C=O) groups excluding carboxylic acids is 2. The molecule has 0 fully saturated rings. The SMILES string of the molecule is CCCCC/C=C\C/C=C\C/C=C\CCCCCCCCCCCCCCCCC(=O)OC(/C=C\CCCCCCCCCCCCC)C(COP(=O)(O)OCC[N+](C)(C)C)NC(=O)CCCCCCCCC/C=C\CCCCCC. The minimum absolute atomic E-state index is 0.0396. The highest BCUT2D eigenvalue weighted by atomic mass is 31.2. The molecule has 0 radical (unpaired) electrons. The number of hydrogen-bond acceptors (Lipinski definition) is 6. The number of rotatable bonds is 63. The number of nitrogens with one attached hydrogen (secondary N) is 1. The number of amides is 1. The standard InChI is InChI=1S/C71H133N2O7P/c1-7-10-13-16-19-22-25-28-30-31-32-33-34-35-36-37-38-39-40-41-43-46-49-52-55-58-61-64-71(75)80-69(62-59-56-53-50-47-44-27-24-21-18-15-12-9-3)68(67-79-81(76,77)78-66-65-73(4,5)6)72-70(74)63-60-57-54-51-48-45-42-29-26-23-20-17-14-11-8-2/h19,22-23,26,28,30,32-33,59,62,68-69H,7-18,20-21,24-25,27,29,31,34-58,60-61,63-67H2,1-6H3,(H-,72,74,76,77)/p+1/b22-19-,26-23-,30-28-,33-32-,62-59-. The zero-order valence-electron chi connectivity index (χ0n) is 54.3. The quantitative estimate of drug-likeness (QED) is 0.0205. The van der Waals surface area contributed by atoms with Crippen molar-refractivity contribution in [3.8, 4) is 0 Å². The second kappa shape index (κ2) is 60.8. The molecule has 0 saturated carbocycles. The molecule has 0 aromatic carbocycles. The van der Waals surface area contributed by atoms with Crippen LogP contribution in [0.2, 0.25) is 0 Å². The summed E-state index contributed by atoms with van der Waals surface area (Å²) in [5.74, 6) is -0.500. The summed E-state index contributed by atoms with van der Waals surface area (Å²) in [5, 5.41) is 3.07. The second-order valence-corrected chi connectivity index (χ2v) is 26.1. The minimum atomic E-state index is -4.45. The first kappa shape index (κ1) is 78.7. The average Bonchev–Trinajstić information content (AvgIpc) is 3.44. The maximum absolute atomic E-state index is 13.6. The summed E-state index contributed by atoms with van der Waals surface area (Å²) in [6.45, 7) is 7.00. The Bertz CT molecular complexity index is 1570. The van der Waals surface area contributed by atoms with Crippen LogP contribution in [0.25, 0.3) is 0 Å². The van der Waals surface area contributed by atoms with Gasteiger partial charge in [0.25, 0.3) is 0 Å². The molecular formula is C71H134N2O7P+. The number of phosphoric acid groups is 1. The molecule has 3 unspecified atom stereocenters. The molecule has 0 spiro atoms. The van der Waals surface area contributed by atoms with Crippen molar-refractivity contribution in [2.45, 2.75) is 341 Å². The number of allylic oxidation sites excluding steroid dienone is 9. The Kier molecular flexibility index (Phi) is 59.1. The normalized spacial score (nSPS) is 13.9. The van der Waals surface area contributed by atoms with Crippen LogP contribution in [0.4, 0.5) is 0 Å². The van der Waals surface area contributed by atoms with Gasteiger partial charge >= 0.3 is 13.8 Å². The molecule has 3 atom stereocenters. The maximum Gasteiger partial charge on any atom is 0.472 e. The van der Waals surface area contributed by atoms with E-state index in [2.05, 4.69) is 74.7 Å². The van der Waals surface area contributed by atoms with Crippen LogP contribution >= 0.6 is 7.82 Å². The van der Waals surface area contributed by atoms with Crippen LogP contribution in [0.5, 0.6) is 0 Å². The molecule has 0 rings (SSSR count). The minimum Gasteiger partial charge on any atom is -0.456 e. The van der Waals surface area contributed by atoms with E-state index in [1.807, 2.05) is 33.3 Å². The fourth-order valence-electron chi connectivity index (χ4n) is 10.1. The molecule has 2 N–H and O–H groups in total. The molecule has 81 heavy (non-hydrogen) atoms. The first-order chi connectivity index (χ1) is 39.4. The van der Waals surface area contributed by atoms with Crippen LogP contribution in [0.15, 0.2) is 60.8 Å². The lowest BCUT2D eigenvalue weighted by Crippen LogP contribution is -2.47. The Morgan fingerprint density at radius 2 is 0.753 bits per heavy atom. The Morgan fingerprint density at radius 3 is 1.17 bits per heavy atom. The highest BCUT2D eigenvalue weighted by molar-refractivity contribution is 7.47. The molecular weight excluding hydrogens is 1020 g/mol. The fourth-order valence-corrected chi connectivity index (χ4v) is 10.8. The summed E-state index contributed by atoms with van der Waals surface area (Å²) in [5.41, 5.74) is 0. The number of ether oxygens (including phenoxy) is 1. The highest BCUT2D eigenvalue weighted by Gasteiger charge is 2.30. The van der Waals surface area contributed by atoms with E-state index in [-0.39, 0.29) is 25.1 Å². The van der Waals surface area contributed by atoms with E-state index < -0.39 is 20.0 Å². The molecule has 1 amide bonds. The van der Waals surface area contributed by atoms with E-state index in [1.54, 1.807) is 0 Å². The summed E-state index contributed by atoms with van der Waals surface area (Å²) in [4.78, 5) is 37.8. The van der Waals surface area contributed by atoms with Crippen LogP contribution in [0, 0.1) is 0 Å². The molecule has 9 nitrogen and oxygen atoms in total. The van der Waals surface area contributed by atoms with Gasteiger partial charge in [-0.25, -0.2) is 4.57 Å². The van der Waals surface area contributed by atoms with Gasteiger partial charge in [-0.3, -0.25) is 18.6 Å². The smallest absolute Gasteiger partial charge is 0.456 e. The number of nitrogens with zero attached hydrogens (tertiary/aromatic N) is 1. The third kappa shape index (κ3) is 62.1. The van der Waals surface area contributed by atoms with Crippen molar-refractivity contribution in [3.05, 3.63) is 60.8 Å². The van der Waals surface area contributed by atoms with Gasteiger partial charge < -0.3 is 19.4 Å². The topological polar surface area (TPSA) is 111 Å². The number of likely N-dealkylation sites (N-methyl/N-ethyl adjacent to an activating group) is 1. The third-order valence-corrected chi connectivity index (χ3v) is 16.4. The van der Waals surface area contributed by atoms with Gasteiger partial charge in [-0.2, -0.15) is 0 Å². The predicted molar refractivity (Wildman–Crippen MR) is 351 cm³/mol. The van der Waals surface area contributed by atoms with E-state index in [9.17, 15) is 19.0 Å². The van der Waals surface area contributed by atoms with Gasteiger partial charge in [-0.1, -0.05) is 281 Å². The van der Waals surface area contributed by atoms with Crippen LogP contribution in [0.1, 0.15) is 329 Å². The van der Waals surface area contributed by atoms with E-state index >= 15 is 0 Å². The third-order valence-electron chi connectivity index (χ3n) is 15.4. The summed E-state index contributed by atoms with van der Waals surface area (Å²) in [6.07, 6.45) is 78.0. The Hall–Kier alpha value is -2.29. The van der Waals surface area contributed by atoms with Crippen LogP contribution < -0.4 is 5.32 Å². The number of unbranched alkanes of at least 4 members (excludes halogenated alkanes) is 39. The number of esters is 1. The van der Waals surface area contributed by atoms with Crippen molar-refractivity contribution < 1.29 is 37.3 Å². The van der Waals surface area contributed by atoms with E-state index in [0.29, 0.717) is 23.9 Å². The van der Waals surface area contributed by atoms with Gasteiger partial charge in [0.1, 0.15) is 19.3 Å². The number of carbonyl (C=O) groups is 2. The van der Waals surface area contributed by atoms with Gasteiger partial charge in [0.15, 0.2) is 0 Å². The van der Waals surface area contributed by atoms with Crippen molar-refractivity contribution in [1.82, 2.24) is 5.32 Å². The van der Waals surface area contributed by atoms with Crippen LogP contribution in [-0.2, 0) is 27.9 Å². The monoisotopic (exact) mass is 1160 g/mol. The van der Waals surface area contributed by atoms with Gasteiger partial charge in [-0.05, 0) is 96.0 Å². The Labute approximate surface area is 502 Å². The average molecular weight is 1160 g/mol. The maximum atomic E-state index is 13.6. The van der Waals surface area contributed by atoms with Crippen molar-refractivity contribution >= 4 is 19.7 Å². The lowest BCUT2D eigenvalue weighted by Gasteiger charge is -2.27.